The molecular weight excluding hydrogens is 320 g/mol. The summed E-state index contributed by atoms with van der Waals surface area (Å²) in [5, 5.41) is 25.1. The molecule has 0 aliphatic heterocycles. The van der Waals surface area contributed by atoms with E-state index in [0.717, 1.165) is 0 Å². The van der Waals surface area contributed by atoms with Gasteiger partial charge in [0.15, 0.2) is 0 Å². The largest absolute Gasteiger partial charge is 0.480 e. The summed E-state index contributed by atoms with van der Waals surface area (Å²) in [4.78, 5) is 46.2. The van der Waals surface area contributed by atoms with E-state index in [4.69, 9.17) is 10.8 Å². The Morgan fingerprint density at radius 1 is 1.08 bits per heavy atom. The molecule has 0 aromatic carbocycles. The number of rotatable bonds is 10. The first-order valence-corrected chi connectivity index (χ1v) is 7.60. The maximum Gasteiger partial charge on any atom is 0.326 e. The number of nitrogens with two attached hydrogens (primary N) is 1. The number of carboxylic acids is 1. The van der Waals surface area contributed by atoms with Gasteiger partial charge in [0.1, 0.15) is 12.1 Å². The molecule has 0 heterocycles. The molecule has 0 aliphatic carbocycles. The lowest BCUT2D eigenvalue weighted by Crippen LogP contribution is -2.56. The summed E-state index contributed by atoms with van der Waals surface area (Å²) in [6.45, 7) is 3.75. The molecule has 4 unspecified atom stereocenters. The van der Waals surface area contributed by atoms with Crippen LogP contribution in [-0.2, 0) is 19.2 Å². The van der Waals surface area contributed by atoms with Crippen LogP contribution >= 0.6 is 0 Å². The molecule has 3 amide bonds. The molecule has 0 fully saturated rings. The Morgan fingerprint density at radius 2 is 1.67 bits per heavy atom. The molecule has 0 aromatic rings. The molecule has 0 aliphatic rings. The van der Waals surface area contributed by atoms with Crippen LogP contribution in [0.2, 0.25) is 0 Å². The fourth-order valence-electron chi connectivity index (χ4n) is 1.70. The van der Waals surface area contributed by atoms with Crippen LogP contribution in [0, 0.1) is 5.92 Å². The van der Waals surface area contributed by atoms with Crippen LogP contribution in [-0.4, -0.2) is 65.2 Å². The van der Waals surface area contributed by atoms with Crippen LogP contribution in [0.25, 0.3) is 0 Å². The SMILES string of the molecule is CCC(C)C(NC(=O)C(CO)NC(=O)CNC(=O)C(C)N)C(=O)O. The Bertz CT molecular complexity index is 468. The van der Waals surface area contributed by atoms with E-state index in [1.165, 1.54) is 6.92 Å². The van der Waals surface area contributed by atoms with Gasteiger partial charge in [0, 0.05) is 0 Å². The molecule has 0 radical (unpaired) electrons. The first-order chi connectivity index (χ1) is 11.1. The summed E-state index contributed by atoms with van der Waals surface area (Å²) < 4.78 is 0. The van der Waals surface area contributed by atoms with Crippen LogP contribution in [0.1, 0.15) is 27.2 Å². The van der Waals surface area contributed by atoms with Gasteiger partial charge in [0.05, 0.1) is 19.2 Å². The van der Waals surface area contributed by atoms with Crippen LogP contribution < -0.4 is 21.7 Å². The number of carbonyl (C=O) groups excluding carboxylic acids is 3. The summed E-state index contributed by atoms with van der Waals surface area (Å²) in [6, 6.07) is -3.25. The van der Waals surface area contributed by atoms with E-state index in [0.29, 0.717) is 6.42 Å². The van der Waals surface area contributed by atoms with Crippen molar-refractivity contribution < 1.29 is 29.4 Å². The Kier molecular flexibility index (Phi) is 9.58. The first-order valence-electron chi connectivity index (χ1n) is 7.60. The summed E-state index contributed by atoms with van der Waals surface area (Å²) in [7, 11) is 0. The van der Waals surface area contributed by atoms with Crippen molar-refractivity contribution in [1.29, 1.82) is 0 Å². The van der Waals surface area contributed by atoms with Crippen molar-refractivity contribution in [2.75, 3.05) is 13.2 Å². The smallest absolute Gasteiger partial charge is 0.326 e. The number of hydrogen-bond acceptors (Lipinski definition) is 6. The first kappa shape index (κ1) is 21.8. The van der Waals surface area contributed by atoms with E-state index in [2.05, 4.69) is 16.0 Å². The van der Waals surface area contributed by atoms with Gasteiger partial charge in [-0.15, -0.1) is 0 Å². The van der Waals surface area contributed by atoms with Gasteiger partial charge in [-0.25, -0.2) is 4.79 Å². The molecule has 0 saturated carbocycles. The fourth-order valence-corrected chi connectivity index (χ4v) is 1.70. The van der Waals surface area contributed by atoms with Crippen molar-refractivity contribution in [1.82, 2.24) is 16.0 Å². The minimum Gasteiger partial charge on any atom is -0.480 e. The Labute approximate surface area is 140 Å². The summed E-state index contributed by atoms with van der Waals surface area (Å²) in [5.74, 6) is -3.61. The van der Waals surface area contributed by atoms with Crippen molar-refractivity contribution in [2.24, 2.45) is 11.7 Å². The highest BCUT2D eigenvalue weighted by atomic mass is 16.4. The Morgan fingerprint density at radius 3 is 2.08 bits per heavy atom. The number of nitrogens with one attached hydrogen (secondary N) is 3. The maximum absolute atomic E-state index is 12.0. The average molecular weight is 346 g/mol. The van der Waals surface area contributed by atoms with E-state index in [1.807, 2.05) is 0 Å². The van der Waals surface area contributed by atoms with E-state index < -0.39 is 55.0 Å². The van der Waals surface area contributed by atoms with E-state index in [9.17, 15) is 24.3 Å². The lowest BCUT2D eigenvalue weighted by Gasteiger charge is -2.23. The molecule has 138 valence electrons. The van der Waals surface area contributed by atoms with Crippen LogP contribution in [0.4, 0.5) is 0 Å². The fraction of sp³-hybridized carbons (Fsp3) is 0.714. The van der Waals surface area contributed by atoms with Gasteiger partial charge in [-0.2, -0.15) is 0 Å². The third-order valence-corrected chi connectivity index (χ3v) is 3.45. The van der Waals surface area contributed by atoms with Gasteiger partial charge in [0.25, 0.3) is 0 Å². The molecule has 24 heavy (non-hydrogen) atoms. The van der Waals surface area contributed by atoms with Crippen LogP contribution in [0.3, 0.4) is 0 Å². The lowest BCUT2D eigenvalue weighted by molar-refractivity contribution is -0.144. The topological polar surface area (TPSA) is 171 Å². The summed E-state index contributed by atoms with van der Waals surface area (Å²) in [5.41, 5.74) is 5.32. The van der Waals surface area contributed by atoms with Gasteiger partial charge >= 0.3 is 5.97 Å². The van der Waals surface area contributed by atoms with E-state index >= 15 is 0 Å². The number of aliphatic hydroxyl groups excluding tert-OH is 1. The van der Waals surface area contributed by atoms with Crippen LogP contribution in [0.5, 0.6) is 0 Å². The second-order valence-electron chi connectivity index (χ2n) is 5.52. The maximum atomic E-state index is 12.0. The van der Waals surface area contributed by atoms with Crippen molar-refractivity contribution in [3.63, 3.8) is 0 Å². The molecule has 4 atom stereocenters. The molecule has 0 saturated heterocycles. The number of carbonyl (C=O) groups is 4. The molecule has 0 aromatic heterocycles. The second kappa shape index (κ2) is 10.6. The molecule has 0 rings (SSSR count). The highest BCUT2D eigenvalue weighted by molar-refractivity contribution is 5.92. The zero-order valence-corrected chi connectivity index (χ0v) is 14.0. The summed E-state index contributed by atoms with van der Waals surface area (Å²) >= 11 is 0. The van der Waals surface area contributed by atoms with Gasteiger partial charge < -0.3 is 31.9 Å². The molecule has 0 bridgehead atoms. The quantitative estimate of drug-likeness (QED) is 0.255. The normalized spacial score (nSPS) is 15.5. The monoisotopic (exact) mass is 346 g/mol. The predicted molar refractivity (Wildman–Crippen MR) is 84.7 cm³/mol. The molecule has 10 nitrogen and oxygen atoms in total. The van der Waals surface area contributed by atoms with Crippen molar-refractivity contribution in [3.05, 3.63) is 0 Å². The van der Waals surface area contributed by atoms with Gasteiger partial charge in [-0.1, -0.05) is 20.3 Å². The van der Waals surface area contributed by atoms with E-state index in [-0.39, 0.29) is 5.92 Å². The predicted octanol–water partition coefficient (Wildman–Crippen LogP) is -2.46. The van der Waals surface area contributed by atoms with Crippen molar-refractivity contribution in [2.45, 2.75) is 45.3 Å². The van der Waals surface area contributed by atoms with Gasteiger partial charge in [0.2, 0.25) is 17.7 Å². The number of hydrogen-bond donors (Lipinski definition) is 6. The standard InChI is InChI=1S/C14H26N4O6/c1-4-7(2)11(14(23)24)18-13(22)9(6-19)17-10(20)5-16-12(21)8(3)15/h7-9,11,19H,4-6,15H2,1-3H3,(H,16,21)(H,17,20)(H,18,22)(H,23,24). The van der Waals surface area contributed by atoms with Gasteiger partial charge in [-0.05, 0) is 12.8 Å². The zero-order valence-electron chi connectivity index (χ0n) is 14.0. The number of aliphatic hydroxyl groups is 1. The highest BCUT2D eigenvalue weighted by Gasteiger charge is 2.29. The third kappa shape index (κ3) is 7.38. The Hall–Kier alpha value is -2.20. The average Bonchev–Trinajstić information content (AvgIpc) is 2.53. The number of aliphatic carboxylic acids is 1. The van der Waals surface area contributed by atoms with E-state index in [1.54, 1.807) is 13.8 Å². The third-order valence-electron chi connectivity index (χ3n) is 3.45. The highest BCUT2D eigenvalue weighted by Crippen LogP contribution is 2.08. The molecule has 7 N–H and O–H groups in total. The molecular formula is C14H26N4O6. The van der Waals surface area contributed by atoms with Crippen LogP contribution in [0.15, 0.2) is 0 Å². The van der Waals surface area contributed by atoms with Crippen molar-refractivity contribution in [3.8, 4) is 0 Å². The number of carboxylic acid groups (broad SMARTS) is 1. The second-order valence-corrected chi connectivity index (χ2v) is 5.52. The summed E-state index contributed by atoms with van der Waals surface area (Å²) in [6.07, 6.45) is 0.525. The minimum atomic E-state index is -1.32. The number of amides is 3. The molecule has 10 heteroatoms. The Balaban J connectivity index is 4.66. The zero-order chi connectivity index (χ0) is 18.9. The molecule has 0 spiro atoms. The van der Waals surface area contributed by atoms with Crippen molar-refractivity contribution >= 4 is 23.7 Å². The van der Waals surface area contributed by atoms with Gasteiger partial charge in [-0.3, -0.25) is 14.4 Å². The lowest BCUT2D eigenvalue weighted by atomic mass is 9.99. The minimum absolute atomic E-state index is 0.327.